The van der Waals surface area contributed by atoms with Crippen LogP contribution in [-0.4, -0.2) is 63.5 Å². The van der Waals surface area contributed by atoms with E-state index in [1.165, 1.54) is 0 Å². The van der Waals surface area contributed by atoms with Crippen molar-refractivity contribution in [2.45, 2.75) is 61.2 Å². The van der Waals surface area contributed by atoms with Crippen LogP contribution in [0.25, 0.3) is 0 Å². The summed E-state index contributed by atoms with van der Waals surface area (Å²) in [6, 6.07) is 15.5. The molecule has 3 aliphatic heterocycles. The highest BCUT2D eigenvalue weighted by atomic mass is 79.9. The number of amides is 3. The third kappa shape index (κ3) is 5.46. The highest BCUT2D eigenvalue weighted by molar-refractivity contribution is 9.09. The summed E-state index contributed by atoms with van der Waals surface area (Å²) in [5.41, 5.74) is 0.425. The Kier molecular flexibility index (Phi) is 8.61. The molecule has 3 fully saturated rings. The zero-order valence-electron chi connectivity index (χ0n) is 21.5. The van der Waals surface area contributed by atoms with Crippen LogP contribution in [-0.2, 0) is 25.7 Å². The van der Waals surface area contributed by atoms with Gasteiger partial charge in [0, 0.05) is 35.2 Å². The number of hydrogen-bond acceptors (Lipinski definition) is 5. The van der Waals surface area contributed by atoms with Gasteiger partial charge in [0.25, 0.3) is 0 Å². The monoisotopic (exact) mass is 617 g/mol. The van der Waals surface area contributed by atoms with Crippen LogP contribution in [0.15, 0.2) is 54.6 Å². The van der Waals surface area contributed by atoms with Gasteiger partial charge in [0.05, 0.1) is 17.9 Å². The molecule has 3 unspecified atom stereocenters. The number of carbonyl (C=O) groups excluding carboxylic acids is 3. The molecule has 3 amide bonds. The molecule has 1 spiro atoms. The van der Waals surface area contributed by atoms with Crippen molar-refractivity contribution in [3.8, 4) is 0 Å². The largest absolute Gasteiger partial charge is 0.396 e. The van der Waals surface area contributed by atoms with Crippen LogP contribution in [0.3, 0.4) is 0 Å². The fraction of sp³-hybridized carbons (Fsp3) is 0.483. The maximum absolute atomic E-state index is 14.0. The molecule has 2 bridgehead atoms. The standard InChI is InChI=1S/C29H33BrClN3O5/c30-21-16-29-23(22(24(21)39-29)26(36)32-17-18-8-4-3-5-9-18)28(38)34(14-6-1-2-7-15-35)25(29)27(37)33-20-12-10-19(31)11-13-20/h3-5,8-13,21-25,35H,1-2,6-7,14-17H2,(H,32,36)(H,33,37)/t21?,22-,23+,24-,25?,29?/m1/s1. The fourth-order valence-electron chi connectivity index (χ4n) is 6.36. The number of nitrogens with one attached hydrogen (secondary N) is 2. The minimum atomic E-state index is -1.10. The molecule has 208 valence electrons. The molecule has 39 heavy (non-hydrogen) atoms. The molecule has 5 rings (SSSR count). The summed E-state index contributed by atoms with van der Waals surface area (Å²) in [6.07, 6.45) is 2.98. The number of aliphatic hydroxyl groups is 1. The highest BCUT2D eigenvalue weighted by Crippen LogP contribution is 2.60. The van der Waals surface area contributed by atoms with E-state index in [0.29, 0.717) is 43.1 Å². The van der Waals surface area contributed by atoms with E-state index in [4.69, 9.17) is 21.4 Å². The maximum atomic E-state index is 14.0. The summed E-state index contributed by atoms with van der Waals surface area (Å²) in [4.78, 5) is 42.9. The molecular weight excluding hydrogens is 586 g/mol. The summed E-state index contributed by atoms with van der Waals surface area (Å²) in [6.45, 7) is 0.848. The van der Waals surface area contributed by atoms with Gasteiger partial charge >= 0.3 is 0 Å². The number of nitrogens with zero attached hydrogens (tertiary/aromatic N) is 1. The van der Waals surface area contributed by atoms with E-state index < -0.39 is 29.6 Å². The Labute approximate surface area is 241 Å². The number of unbranched alkanes of at least 4 members (excludes halogenated alkanes) is 3. The van der Waals surface area contributed by atoms with Gasteiger partial charge in [0.2, 0.25) is 17.7 Å². The molecule has 0 saturated carbocycles. The molecule has 3 saturated heterocycles. The van der Waals surface area contributed by atoms with Crippen molar-refractivity contribution in [2.24, 2.45) is 11.8 Å². The Bertz CT molecular complexity index is 1200. The molecule has 6 atom stereocenters. The van der Waals surface area contributed by atoms with E-state index in [2.05, 4.69) is 26.6 Å². The number of aliphatic hydroxyl groups excluding tert-OH is 1. The Balaban J connectivity index is 1.40. The summed E-state index contributed by atoms with van der Waals surface area (Å²) in [5.74, 6) is -2.24. The van der Waals surface area contributed by atoms with Crippen LogP contribution in [0.1, 0.15) is 37.7 Å². The predicted octanol–water partition coefficient (Wildman–Crippen LogP) is 3.90. The van der Waals surface area contributed by atoms with Crippen molar-refractivity contribution < 1.29 is 24.2 Å². The van der Waals surface area contributed by atoms with Gasteiger partial charge in [-0.3, -0.25) is 14.4 Å². The van der Waals surface area contributed by atoms with Crippen LogP contribution in [0.4, 0.5) is 5.69 Å². The summed E-state index contributed by atoms with van der Waals surface area (Å²) < 4.78 is 6.53. The Morgan fingerprint density at radius 1 is 1.05 bits per heavy atom. The third-order valence-corrected chi connectivity index (χ3v) is 9.17. The minimum Gasteiger partial charge on any atom is -0.396 e. The number of anilines is 1. The SMILES string of the molecule is O=C(Nc1ccc(Cl)cc1)C1N(CCCCCCO)C(=O)[C@@H]2[C@@H](C(=O)NCc3ccccc3)[C@@H]3OC12CC3Br. The number of fused-ring (bicyclic) bond motifs is 1. The molecule has 3 aliphatic rings. The molecule has 0 aromatic heterocycles. The van der Waals surface area contributed by atoms with E-state index in [0.717, 1.165) is 18.4 Å². The zero-order chi connectivity index (χ0) is 27.6. The lowest BCUT2D eigenvalue weighted by Gasteiger charge is -2.34. The third-order valence-electron chi connectivity index (χ3n) is 8.07. The van der Waals surface area contributed by atoms with Gasteiger partial charge in [-0.05, 0) is 49.1 Å². The fourth-order valence-corrected chi connectivity index (χ4v) is 7.43. The number of likely N-dealkylation sites (tertiary alicyclic amines) is 1. The highest BCUT2D eigenvalue weighted by Gasteiger charge is 2.76. The summed E-state index contributed by atoms with van der Waals surface area (Å²) >= 11 is 9.72. The number of ether oxygens (including phenoxy) is 1. The Hall–Kier alpha value is -2.46. The zero-order valence-corrected chi connectivity index (χ0v) is 23.9. The Morgan fingerprint density at radius 3 is 2.49 bits per heavy atom. The van der Waals surface area contributed by atoms with Gasteiger partial charge in [-0.25, -0.2) is 0 Å². The normalized spacial score (nSPS) is 28.9. The van der Waals surface area contributed by atoms with Gasteiger partial charge in [0.1, 0.15) is 11.6 Å². The van der Waals surface area contributed by atoms with E-state index in [1.807, 2.05) is 30.3 Å². The van der Waals surface area contributed by atoms with Crippen molar-refractivity contribution in [3.05, 3.63) is 65.2 Å². The molecule has 0 aliphatic carbocycles. The first-order valence-electron chi connectivity index (χ1n) is 13.5. The van der Waals surface area contributed by atoms with Crippen LogP contribution in [0.5, 0.6) is 0 Å². The van der Waals surface area contributed by atoms with E-state index in [9.17, 15) is 14.4 Å². The number of alkyl halides is 1. The first-order chi connectivity index (χ1) is 18.9. The molecule has 8 nitrogen and oxygen atoms in total. The van der Waals surface area contributed by atoms with Gasteiger partial charge in [-0.15, -0.1) is 0 Å². The number of benzene rings is 2. The number of hydrogen-bond donors (Lipinski definition) is 3. The van der Waals surface area contributed by atoms with Crippen molar-refractivity contribution in [2.75, 3.05) is 18.5 Å². The molecule has 2 aromatic carbocycles. The number of carbonyl (C=O) groups is 3. The average molecular weight is 619 g/mol. The molecule has 2 aromatic rings. The van der Waals surface area contributed by atoms with Gasteiger partial charge < -0.3 is 25.4 Å². The maximum Gasteiger partial charge on any atom is 0.250 e. The first kappa shape index (κ1) is 28.1. The van der Waals surface area contributed by atoms with E-state index >= 15 is 0 Å². The topological polar surface area (TPSA) is 108 Å². The molecule has 3 N–H and O–H groups in total. The van der Waals surface area contributed by atoms with E-state index in [1.54, 1.807) is 29.2 Å². The smallest absolute Gasteiger partial charge is 0.250 e. The molecular formula is C29H33BrClN3O5. The lowest BCUT2D eigenvalue weighted by Crippen LogP contribution is -2.54. The van der Waals surface area contributed by atoms with Crippen LogP contribution in [0.2, 0.25) is 5.02 Å². The molecule has 3 heterocycles. The van der Waals surface area contributed by atoms with Crippen molar-refractivity contribution in [1.82, 2.24) is 10.2 Å². The van der Waals surface area contributed by atoms with Crippen molar-refractivity contribution in [3.63, 3.8) is 0 Å². The van der Waals surface area contributed by atoms with Gasteiger partial charge in [-0.2, -0.15) is 0 Å². The lowest BCUT2D eigenvalue weighted by atomic mass is 9.70. The lowest BCUT2D eigenvalue weighted by molar-refractivity contribution is -0.140. The molecule has 0 radical (unpaired) electrons. The average Bonchev–Trinajstić information content (AvgIpc) is 3.52. The number of halogens is 2. The Morgan fingerprint density at radius 2 is 1.77 bits per heavy atom. The minimum absolute atomic E-state index is 0.127. The van der Waals surface area contributed by atoms with Crippen LogP contribution in [0, 0.1) is 11.8 Å². The van der Waals surface area contributed by atoms with E-state index in [-0.39, 0.29) is 29.2 Å². The van der Waals surface area contributed by atoms with Crippen LogP contribution < -0.4 is 10.6 Å². The second kappa shape index (κ2) is 12.0. The van der Waals surface area contributed by atoms with Gasteiger partial charge in [0.15, 0.2) is 0 Å². The first-order valence-corrected chi connectivity index (χ1v) is 14.8. The summed E-state index contributed by atoms with van der Waals surface area (Å²) in [7, 11) is 0. The summed E-state index contributed by atoms with van der Waals surface area (Å²) in [5, 5.41) is 15.6. The quantitative estimate of drug-likeness (QED) is 0.262. The van der Waals surface area contributed by atoms with Crippen molar-refractivity contribution in [1.29, 1.82) is 0 Å². The number of rotatable bonds is 11. The second-order valence-electron chi connectivity index (χ2n) is 10.5. The van der Waals surface area contributed by atoms with Gasteiger partial charge in [-0.1, -0.05) is 70.7 Å². The second-order valence-corrected chi connectivity index (χ2v) is 12.1. The predicted molar refractivity (Wildman–Crippen MR) is 151 cm³/mol. The molecule has 10 heteroatoms. The van der Waals surface area contributed by atoms with Crippen molar-refractivity contribution >= 4 is 50.9 Å². The van der Waals surface area contributed by atoms with Crippen LogP contribution >= 0.6 is 27.5 Å².